The molecular weight excluding hydrogens is 362 g/mol. The largest absolute Gasteiger partial charge is 0.462 e. The van der Waals surface area contributed by atoms with Crippen LogP contribution in [0, 0.1) is 23.2 Å². The van der Waals surface area contributed by atoms with Gasteiger partial charge in [-0.2, -0.15) is 0 Å². The first-order valence-corrected chi connectivity index (χ1v) is 11.0. The molecule has 0 unspecified atom stereocenters. The highest BCUT2D eigenvalue weighted by Gasteiger charge is 2.55. The average molecular weight is 398 g/mol. The normalized spacial score (nSPS) is 36.3. The third kappa shape index (κ3) is 3.89. The molecule has 1 aromatic rings. The van der Waals surface area contributed by atoms with Crippen LogP contribution in [0.15, 0.2) is 42.5 Å². The quantitative estimate of drug-likeness (QED) is 0.599. The van der Waals surface area contributed by atoms with Gasteiger partial charge in [-0.05, 0) is 63.0 Å². The number of carbonyl (C=O) groups excluding carboxylic acids is 1. The molecule has 2 aliphatic carbocycles. The number of nitrogens with zero attached hydrogens (tertiary/aromatic N) is 1. The van der Waals surface area contributed by atoms with Crippen molar-refractivity contribution in [2.45, 2.75) is 57.7 Å². The van der Waals surface area contributed by atoms with Gasteiger partial charge in [0.05, 0.1) is 11.5 Å². The average Bonchev–Trinajstić information content (AvgIpc) is 2.94. The number of allylic oxidation sites excluding steroid dienone is 1. The van der Waals surface area contributed by atoms with Crippen LogP contribution in [0.1, 0.15) is 51.5 Å². The number of benzene rings is 1. The minimum absolute atomic E-state index is 0.0442. The zero-order chi connectivity index (χ0) is 20.8. The predicted octanol–water partition coefficient (Wildman–Crippen LogP) is 4.14. The number of aliphatic hydroxyl groups is 1. The first-order valence-electron chi connectivity index (χ1n) is 11.0. The Kier molecular flexibility index (Phi) is 5.37. The smallest absolute Gasteiger partial charge is 0.310 e. The molecule has 1 saturated heterocycles. The molecule has 4 rings (SSSR count). The van der Waals surface area contributed by atoms with Crippen LogP contribution in [0.25, 0.3) is 0 Å². The van der Waals surface area contributed by atoms with Crippen LogP contribution < -0.4 is 0 Å². The lowest BCUT2D eigenvalue weighted by Gasteiger charge is -2.50. The van der Waals surface area contributed by atoms with Crippen molar-refractivity contribution in [3.63, 3.8) is 0 Å². The Morgan fingerprint density at radius 3 is 2.79 bits per heavy atom. The fraction of sp³-hybridized carbons (Fsp3) is 0.640. The van der Waals surface area contributed by atoms with Crippen LogP contribution in [0.3, 0.4) is 0 Å². The summed E-state index contributed by atoms with van der Waals surface area (Å²) in [5.41, 5.74) is 1.54. The van der Waals surface area contributed by atoms with E-state index in [1.165, 1.54) is 18.4 Å². The monoisotopic (exact) mass is 397 g/mol. The SMILES string of the molecule is C=C1CCC[C@]2(C)C[C@H]3OC(=O)[C@@H](CN(C)C[C@@](C)(O)c4ccccc4)[C@H]3C[C@@H]12. The Bertz CT molecular complexity index is 774. The summed E-state index contributed by atoms with van der Waals surface area (Å²) < 4.78 is 5.89. The Balaban J connectivity index is 1.45. The van der Waals surface area contributed by atoms with E-state index in [9.17, 15) is 9.90 Å². The highest BCUT2D eigenvalue weighted by atomic mass is 16.6. The summed E-state index contributed by atoms with van der Waals surface area (Å²) in [5, 5.41) is 11.0. The highest BCUT2D eigenvalue weighted by molar-refractivity contribution is 5.75. The molecule has 4 heteroatoms. The molecule has 3 aliphatic rings. The molecule has 1 aliphatic heterocycles. The molecule has 0 radical (unpaired) electrons. The van der Waals surface area contributed by atoms with E-state index in [0.717, 1.165) is 24.8 Å². The summed E-state index contributed by atoms with van der Waals surface area (Å²) >= 11 is 0. The maximum absolute atomic E-state index is 12.8. The first kappa shape index (κ1) is 20.6. The standard InChI is InChI=1S/C25H35NO3/c1-17-9-8-12-24(2)14-22-19(13-21(17)24)20(23(27)29-22)15-26(4)16-25(3,28)18-10-6-5-7-11-18/h5-7,10-11,19-22,28H,1,8-9,12-16H2,2-4H3/t19-,20+,21+,22-,24-,25-/m1/s1. The molecule has 0 spiro atoms. The summed E-state index contributed by atoms with van der Waals surface area (Å²) in [6.45, 7) is 9.68. The fourth-order valence-corrected chi connectivity index (χ4v) is 6.28. The van der Waals surface area contributed by atoms with Crippen molar-refractivity contribution in [3.8, 4) is 0 Å². The molecule has 1 heterocycles. The maximum Gasteiger partial charge on any atom is 0.310 e. The number of hydrogen-bond acceptors (Lipinski definition) is 4. The van der Waals surface area contributed by atoms with Gasteiger partial charge in [0, 0.05) is 19.0 Å². The minimum atomic E-state index is -0.958. The Morgan fingerprint density at radius 1 is 1.34 bits per heavy atom. The van der Waals surface area contributed by atoms with Crippen molar-refractivity contribution in [1.29, 1.82) is 0 Å². The lowest BCUT2D eigenvalue weighted by atomic mass is 9.55. The second kappa shape index (κ2) is 7.55. The molecule has 1 N–H and O–H groups in total. The molecular formula is C25H35NO3. The number of hydrogen-bond donors (Lipinski definition) is 1. The van der Waals surface area contributed by atoms with Gasteiger partial charge in [0.25, 0.3) is 0 Å². The van der Waals surface area contributed by atoms with Gasteiger partial charge < -0.3 is 14.7 Å². The number of esters is 1. The Labute approximate surface area is 174 Å². The van der Waals surface area contributed by atoms with Crippen LogP contribution in [-0.4, -0.2) is 42.2 Å². The van der Waals surface area contributed by atoms with E-state index >= 15 is 0 Å². The van der Waals surface area contributed by atoms with E-state index in [2.05, 4.69) is 18.4 Å². The van der Waals surface area contributed by atoms with Crippen molar-refractivity contribution < 1.29 is 14.6 Å². The lowest BCUT2D eigenvalue weighted by Crippen LogP contribution is -2.46. The predicted molar refractivity (Wildman–Crippen MR) is 114 cm³/mol. The van der Waals surface area contributed by atoms with E-state index in [-0.39, 0.29) is 29.3 Å². The van der Waals surface area contributed by atoms with Gasteiger partial charge in [0.1, 0.15) is 6.10 Å². The minimum Gasteiger partial charge on any atom is -0.462 e. The van der Waals surface area contributed by atoms with E-state index in [0.29, 0.717) is 19.0 Å². The van der Waals surface area contributed by atoms with Gasteiger partial charge in [0.2, 0.25) is 0 Å². The maximum atomic E-state index is 12.8. The Hall–Kier alpha value is -1.65. The van der Waals surface area contributed by atoms with Crippen LogP contribution >= 0.6 is 0 Å². The van der Waals surface area contributed by atoms with Crippen LogP contribution in [-0.2, 0) is 15.1 Å². The van der Waals surface area contributed by atoms with Crippen molar-refractivity contribution in [1.82, 2.24) is 4.90 Å². The molecule has 0 aromatic heterocycles. The zero-order valence-electron chi connectivity index (χ0n) is 18.1. The second-order valence-electron chi connectivity index (χ2n) is 10.2. The molecule has 29 heavy (non-hydrogen) atoms. The van der Waals surface area contributed by atoms with Crippen LogP contribution in [0.2, 0.25) is 0 Å². The van der Waals surface area contributed by atoms with Gasteiger partial charge >= 0.3 is 5.97 Å². The summed E-state index contributed by atoms with van der Waals surface area (Å²) in [6, 6.07) is 9.74. The van der Waals surface area contributed by atoms with Gasteiger partial charge in [-0.25, -0.2) is 0 Å². The van der Waals surface area contributed by atoms with E-state index in [4.69, 9.17) is 4.74 Å². The molecule has 2 saturated carbocycles. The van der Waals surface area contributed by atoms with Crippen molar-refractivity contribution in [2.24, 2.45) is 23.2 Å². The van der Waals surface area contributed by atoms with Crippen molar-refractivity contribution in [3.05, 3.63) is 48.0 Å². The molecule has 0 bridgehead atoms. The van der Waals surface area contributed by atoms with E-state index < -0.39 is 5.60 Å². The first-order chi connectivity index (χ1) is 13.7. The summed E-state index contributed by atoms with van der Waals surface area (Å²) in [6.07, 6.45) is 5.56. The highest BCUT2D eigenvalue weighted by Crippen LogP contribution is 2.56. The van der Waals surface area contributed by atoms with E-state index in [1.54, 1.807) is 0 Å². The Morgan fingerprint density at radius 2 is 2.07 bits per heavy atom. The topological polar surface area (TPSA) is 49.8 Å². The number of carbonyl (C=O) groups is 1. The van der Waals surface area contributed by atoms with Gasteiger partial charge in [0.15, 0.2) is 0 Å². The van der Waals surface area contributed by atoms with Crippen LogP contribution in [0.4, 0.5) is 0 Å². The summed E-state index contributed by atoms with van der Waals surface area (Å²) in [7, 11) is 1.99. The lowest BCUT2D eigenvalue weighted by molar-refractivity contribution is -0.146. The molecule has 3 fully saturated rings. The van der Waals surface area contributed by atoms with Gasteiger partial charge in [-0.1, -0.05) is 49.4 Å². The zero-order valence-corrected chi connectivity index (χ0v) is 18.1. The van der Waals surface area contributed by atoms with E-state index in [1.807, 2.05) is 44.3 Å². The fourth-order valence-electron chi connectivity index (χ4n) is 6.28. The van der Waals surface area contributed by atoms with Gasteiger partial charge in [-0.15, -0.1) is 0 Å². The molecule has 158 valence electrons. The molecule has 1 aromatic carbocycles. The molecule has 6 atom stereocenters. The number of rotatable bonds is 5. The molecule has 4 nitrogen and oxygen atoms in total. The van der Waals surface area contributed by atoms with Crippen molar-refractivity contribution >= 4 is 5.97 Å². The number of likely N-dealkylation sites (N-methyl/N-ethyl adjacent to an activating group) is 1. The number of fused-ring (bicyclic) bond motifs is 2. The van der Waals surface area contributed by atoms with Gasteiger partial charge in [-0.3, -0.25) is 4.79 Å². The third-order valence-electron chi connectivity index (χ3n) is 7.80. The van der Waals surface area contributed by atoms with Crippen molar-refractivity contribution in [2.75, 3.05) is 20.1 Å². The summed E-state index contributed by atoms with van der Waals surface area (Å²) in [5.74, 6) is 0.599. The summed E-state index contributed by atoms with van der Waals surface area (Å²) in [4.78, 5) is 14.9. The third-order valence-corrected chi connectivity index (χ3v) is 7.80. The van der Waals surface area contributed by atoms with Crippen LogP contribution in [0.5, 0.6) is 0 Å². The number of ether oxygens (including phenoxy) is 1. The molecule has 0 amide bonds. The second-order valence-corrected chi connectivity index (χ2v) is 10.2.